The maximum absolute atomic E-state index is 5.07. The van der Waals surface area contributed by atoms with E-state index in [4.69, 9.17) is 4.74 Å². The van der Waals surface area contributed by atoms with E-state index in [0.29, 0.717) is 0 Å². The molecule has 2 nitrogen and oxygen atoms in total. The molecule has 0 unspecified atom stereocenters. The minimum absolute atomic E-state index is 0.878. The average molecular weight is 172 g/mol. The van der Waals surface area contributed by atoms with Crippen LogP contribution in [0.25, 0.3) is 11.1 Å². The van der Waals surface area contributed by atoms with E-state index >= 15 is 0 Å². The fourth-order valence-electron chi connectivity index (χ4n) is 1.23. The molecule has 1 N–H and O–H groups in total. The highest BCUT2D eigenvalue weighted by Crippen LogP contribution is 2.21. The van der Waals surface area contributed by atoms with Crippen LogP contribution >= 0.6 is 0 Å². The van der Waals surface area contributed by atoms with Gasteiger partial charge >= 0.3 is 0 Å². The topological polar surface area (TPSA) is 25.0 Å². The van der Waals surface area contributed by atoms with Crippen molar-refractivity contribution in [2.75, 3.05) is 7.11 Å². The lowest BCUT2D eigenvalue weighted by molar-refractivity contribution is 0.415. The van der Waals surface area contributed by atoms with Gasteiger partial charge in [0.2, 0.25) is 0 Å². The molecule has 0 aliphatic rings. The molecule has 65 valence electrons. The van der Waals surface area contributed by atoms with Gasteiger partial charge in [-0.3, -0.25) is 0 Å². The Morgan fingerprint density at radius 2 is 1.92 bits per heavy atom. The number of aromatic amines is 1. The summed E-state index contributed by atoms with van der Waals surface area (Å²) in [5.74, 6) is 0.878. The predicted octanol–water partition coefficient (Wildman–Crippen LogP) is 2.49. The maximum Gasteiger partial charge on any atom is 0.118 e. The molecule has 1 radical (unpaired) electrons. The SMILES string of the molecule is COc1ccc(-c2c[c][nH]c2)cc1. The van der Waals surface area contributed by atoms with E-state index in [0.717, 1.165) is 11.3 Å². The number of hydrogen-bond acceptors (Lipinski definition) is 1. The summed E-state index contributed by atoms with van der Waals surface area (Å²) < 4.78 is 5.07. The zero-order valence-corrected chi connectivity index (χ0v) is 7.37. The van der Waals surface area contributed by atoms with Crippen molar-refractivity contribution in [3.05, 3.63) is 42.7 Å². The largest absolute Gasteiger partial charge is 0.497 e. The molecule has 2 heteroatoms. The monoisotopic (exact) mass is 172 g/mol. The van der Waals surface area contributed by atoms with Crippen LogP contribution in [0.1, 0.15) is 0 Å². The Balaban J connectivity index is 2.33. The molecule has 0 saturated heterocycles. The fourth-order valence-corrected chi connectivity index (χ4v) is 1.23. The number of benzene rings is 1. The molecular weight excluding hydrogens is 162 g/mol. The van der Waals surface area contributed by atoms with Gasteiger partial charge in [-0.2, -0.15) is 0 Å². The number of ether oxygens (including phenoxy) is 1. The summed E-state index contributed by atoms with van der Waals surface area (Å²) in [6.45, 7) is 0. The lowest BCUT2D eigenvalue weighted by Gasteiger charge is -2.00. The van der Waals surface area contributed by atoms with Crippen LogP contribution in [0.3, 0.4) is 0 Å². The van der Waals surface area contributed by atoms with Gasteiger partial charge in [-0.15, -0.1) is 0 Å². The van der Waals surface area contributed by atoms with E-state index in [2.05, 4.69) is 11.2 Å². The second kappa shape index (κ2) is 3.35. The first-order valence-corrected chi connectivity index (χ1v) is 4.09. The number of nitrogens with one attached hydrogen (secondary N) is 1. The Hall–Kier alpha value is -1.70. The van der Waals surface area contributed by atoms with E-state index in [1.807, 2.05) is 36.5 Å². The molecular formula is C11H10NO. The molecule has 0 atom stereocenters. The highest BCUT2D eigenvalue weighted by Gasteiger charge is 1.97. The fraction of sp³-hybridized carbons (Fsp3) is 0.0909. The van der Waals surface area contributed by atoms with Gasteiger partial charge in [0, 0.05) is 6.20 Å². The highest BCUT2D eigenvalue weighted by molar-refractivity contribution is 5.63. The van der Waals surface area contributed by atoms with Gasteiger partial charge in [0.25, 0.3) is 0 Å². The van der Waals surface area contributed by atoms with Crippen LogP contribution in [0.4, 0.5) is 0 Å². The summed E-state index contributed by atoms with van der Waals surface area (Å²) in [4.78, 5) is 2.90. The lowest BCUT2D eigenvalue weighted by Crippen LogP contribution is -1.81. The van der Waals surface area contributed by atoms with E-state index in [9.17, 15) is 0 Å². The highest BCUT2D eigenvalue weighted by atomic mass is 16.5. The molecule has 0 amide bonds. The normalized spacial score (nSPS) is 9.92. The second-order valence-electron chi connectivity index (χ2n) is 2.76. The quantitative estimate of drug-likeness (QED) is 0.739. The number of hydrogen-bond donors (Lipinski definition) is 1. The van der Waals surface area contributed by atoms with Gasteiger partial charge in [0.15, 0.2) is 0 Å². The molecule has 1 heterocycles. The third-order valence-electron chi connectivity index (χ3n) is 1.96. The predicted molar refractivity (Wildman–Crippen MR) is 51.6 cm³/mol. The van der Waals surface area contributed by atoms with Crippen LogP contribution in [-0.2, 0) is 0 Å². The first-order chi connectivity index (χ1) is 6.40. The Kier molecular flexibility index (Phi) is 2.04. The van der Waals surface area contributed by atoms with Crippen LogP contribution in [-0.4, -0.2) is 12.1 Å². The van der Waals surface area contributed by atoms with Gasteiger partial charge < -0.3 is 9.72 Å². The molecule has 0 spiro atoms. The molecule has 1 aromatic heterocycles. The van der Waals surface area contributed by atoms with Gasteiger partial charge in [-0.25, -0.2) is 0 Å². The molecule has 2 aromatic rings. The summed E-state index contributed by atoms with van der Waals surface area (Å²) in [6, 6.07) is 9.86. The summed E-state index contributed by atoms with van der Waals surface area (Å²) >= 11 is 0. The van der Waals surface area contributed by atoms with E-state index in [1.54, 1.807) is 7.11 Å². The number of H-pyrrole nitrogens is 1. The average Bonchev–Trinajstić information content (AvgIpc) is 2.71. The van der Waals surface area contributed by atoms with Crippen molar-refractivity contribution in [3.63, 3.8) is 0 Å². The summed E-state index contributed by atoms with van der Waals surface area (Å²) in [6.07, 6.45) is 4.82. The molecule has 0 bridgehead atoms. The van der Waals surface area contributed by atoms with Crippen molar-refractivity contribution in [3.8, 4) is 16.9 Å². The van der Waals surface area contributed by atoms with Crippen molar-refractivity contribution in [1.82, 2.24) is 4.98 Å². The smallest absolute Gasteiger partial charge is 0.118 e. The number of methoxy groups -OCH3 is 1. The van der Waals surface area contributed by atoms with E-state index in [1.165, 1.54) is 5.56 Å². The van der Waals surface area contributed by atoms with Crippen molar-refractivity contribution >= 4 is 0 Å². The van der Waals surface area contributed by atoms with Gasteiger partial charge in [0.05, 0.1) is 13.3 Å². The van der Waals surface area contributed by atoms with Crippen LogP contribution in [0, 0.1) is 6.20 Å². The van der Waals surface area contributed by atoms with Gasteiger partial charge in [-0.05, 0) is 29.3 Å². The minimum atomic E-state index is 0.878. The Morgan fingerprint density at radius 1 is 1.15 bits per heavy atom. The second-order valence-corrected chi connectivity index (χ2v) is 2.76. The maximum atomic E-state index is 5.07. The number of rotatable bonds is 2. The van der Waals surface area contributed by atoms with Crippen molar-refractivity contribution in [2.45, 2.75) is 0 Å². The molecule has 0 aliphatic heterocycles. The Bertz CT molecular complexity index is 361. The first-order valence-electron chi connectivity index (χ1n) is 4.09. The van der Waals surface area contributed by atoms with Crippen molar-refractivity contribution < 1.29 is 4.74 Å². The standard InChI is InChI=1S/C11H10NO/c1-13-11-4-2-9(3-5-11)10-6-7-12-8-10/h2-6,8,12H,1H3. The first kappa shape index (κ1) is 7.92. The number of aromatic nitrogens is 1. The molecule has 0 aliphatic carbocycles. The third-order valence-corrected chi connectivity index (χ3v) is 1.96. The lowest BCUT2D eigenvalue weighted by atomic mass is 10.1. The molecule has 1 aromatic carbocycles. The van der Waals surface area contributed by atoms with E-state index in [-0.39, 0.29) is 0 Å². The zero-order valence-electron chi connectivity index (χ0n) is 7.37. The van der Waals surface area contributed by atoms with Crippen molar-refractivity contribution in [1.29, 1.82) is 0 Å². The molecule has 0 fully saturated rings. The van der Waals surface area contributed by atoms with Crippen LogP contribution in [0.5, 0.6) is 5.75 Å². The van der Waals surface area contributed by atoms with Gasteiger partial charge in [-0.1, -0.05) is 12.1 Å². The summed E-state index contributed by atoms with van der Waals surface area (Å²) in [5.41, 5.74) is 2.31. The molecule has 0 saturated carbocycles. The summed E-state index contributed by atoms with van der Waals surface area (Å²) in [5, 5.41) is 0. The van der Waals surface area contributed by atoms with Crippen LogP contribution in [0.2, 0.25) is 0 Å². The van der Waals surface area contributed by atoms with Crippen LogP contribution < -0.4 is 4.74 Å². The zero-order chi connectivity index (χ0) is 9.10. The minimum Gasteiger partial charge on any atom is -0.497 e. The summed E-state index contributed by atoms with van der Waals surface area (Å²) in [7, 11) is 1.67. The van der Waals surface area contributed by atoms with E-state index < -0.39 is 0 Å². The Labute approximate surface area is 77.2 Å². The Morgan fingerprint density at radius 3 is 2.46 bits per heavy atom. The van der Waals surface area contributed by atoms with Crippen molar-refractivity contribution in [2.24, 2.45) is 0 Å². The van der Waals surface area contributed by atoms with Crippen LogP contribution in [0.15, 0.2) is 36.5 Å². The van der Waals surface area contributed by atoms with Gasteiger partial charge in [0.1, 0.15) is 5.75 Å². The molecule has 13 heavy (non-hydrogen) atoms. The molecule has 2 rings (SSSR count). The third kappa shape index (κ3) is 1.56.